The number of hydrogen-bond acceptors (Lipinski definition) is 9. The number of aromatic hydroxyl groups is 1. The van der Waals surface area contributed by atoms with Crippen molar-refractivity contribution in [3.8, 4) is 16.3 Å². The number of morpholine rings is 1. The second kappa shape index (κ2) is 13.9. The molecule has 13 heteroatoms. The second-order valence-corrected chi connectivity index (χ2v) is 18.7. The van der Waals surface area contributed by atoms with E-state index in [1.165, 1.54) is 9.80 Å². The molecule has 1 N–H and O–H groups in total. The Morgan fingerprint density at radius 2 is 1.61 bits per heavy atom. The van der Waals surface area contributed by atoms with Gasteiger partial charge in [0.25, 0.3) is 0 Å². The van der Waals surface area contributed by atoms with Crippen LogP contribution in [0, 0.1) is 36.0 Å². The fourth-order valence-corrected chi connectivity index (χ4v) is 12.5. The molecule has 2 aromatic heterocycles. The van der Waals surface area contributed by atoms with Gasteiger partial charge in [0.15, 0.2) is 0 Å². The summed E-state index contributed by atoms with van der Waals surface area (Å²) in [5.41, 5.74) is 3.11. The number of carbonyl (C=O) groups is 4. The Kier molecular flexibility index (Phi) is 8.66. The number of allylic oxidation sites excluding steroid dienone is 2. The minimum absolute atomic E-state index is 0.0319. The zero-order chi connectivity index (χ0) is 42.1. The lowest BCUT2D eigenvalue weighted by molar-refractivity contribution is -0.131. The van der Waals surface area contributed by atoms with Gasteiger partial charge in [-0.2, -0.15) is 5.10 Å². The van der Waals surface area contributed by atoms with Crippen molar-refractivity contribution in [2.24, 2.45) is 36.1 Å². The van der Waals surface area contributed by atoms with Gasteiger partial charge in [0.05, 0.1) is 46.9 Å². The number of ether oxygens (including phenoxy) is 1. The lowest BCUT2D eigenvalue weighted by Gasteiger charge is -2.49. The number of hydrogen-bond donors (Lipinski definition) is 1. The fraction of sp³-hybridized carbons (Fsp3) is 0.312. The second-order valence-electron chi connectivity index (χ2n) is 17.2. The highest BCUT2D eigenvalue weighted by molar-refractivity contribution is 7.22. The van der Waals surface area contributed by atoms with Crippen LogP contribution in [0.1, 0.15) is 36.8 Å². The van der Waals surface area contributed by atoms with E-state index in [0.717, 1.165) is 50.3 Å². The van der Waals surface area contributed by atoms with Gasteiger partial charge in [0.1, 0.15) is 17.3 Å². The molecule has 11 nitrogen and oxygen atoms in total. The molecule has 6 atom stereocenters. The number of imide groups is 2. The molecular formula is C48H42ClN5O6S. The SMILES string of the molecule is Cc1c(-c2cc(N3C(=O)[C@@H]4C[C@@H]5C(=CC[C@@H]6C(=O)N(c7ccc(N8CCOCC8)cc7)C(=O)[C@@H]65)[C@H](c5ccc6ccccc6c5O)[C@]4(C)C3=O)n(C)n2)sc2ccc(Cl)cc12. The third kappa shape index (κ3) is 5.47. The molecule has 4 fully saturated rings. The van der Waals surface area contributed by atoms with E-state index in [-0.39, 0.29) is 29.9 Å². The van der Waals surface area contributed by atoms with Crippen molar-refractivity contribution in [2.45, 2.75) is 32.6 Å². The van der Waals surface area contributed by atoms with E-state index in [0.29, 0.717) is 52.8 Å². The Morgan fingerprint density at radius 1 is 0.852 bits per heavy atom. The van der Waals surface area contributed by atoms with Crippen LogP contribution < -0.4 is 14.7 Å². The van der Waals surface area contributed by atoms with Crippen molar-refractivity contribution in [1.29, 1.82) is 0 Å². The van der Waals surface area contributed by atoms with Crippen molar-refractivity contribution in [1.82, 2.24) is 9.78 Å². The van der Waals surface area contributed by atoms with Gasteiger partial charge in [-0.3, -0.25) is 28.8 Å². The van der Waals surface area contributed by atoms with E-state index in [4.69, 9.17) is 21.4 Å². The minimum atomic E-state index is -1.35. The summed E-state index contributed by atoms with van der Waals surface area (Å²) in [6, 6.07) is 26.4. The first kappa shape index (κ1) is 38.1. The molecule has 0 bridgehead atoms. The van der Waals surface area contributed by atoms with Crippen molar-refractivity contribution in [3.63, 3.8) is 0 Å². The number of phenols is 1. The number of anilines is 3. The Balaban J connectivity index is 1.00. The van der Waals surface area contributed by atoms with Crippen LogP contribution in [0.4, 0.5) is 17.2 Å². The van der Waals surface area contributed by atoms with E-state index in [2.05, 4.69) is 4.90 Å². The summed E-state index contributed by atoms with van der Waals surface area (Å²) in [5.74, 6) is -4.53. The molecule has 1 saturated carbocycles. The molecule has 3 saturated heterocycles. The number of phenolic OH excluding ortho intramolecular Hbond substituents is 1. The van der Waals surface area contributed by atoms with E-state index >= 15 is 9.59 Å². The number of benzene rings is 4. The number of aryl methyl sites for hydroxylation is 2. The number of carbonyl (C=O) groups excluding carboxylic acids is 4. The fourth-order valence-electron chi connectivity index (χ4n) is 11.2. The molecule has 4 aromatic carbocycles. The summed E-state index contributed by atoms with van der Waals surface area (Å²) >= 11 is 7.93. The summed E-state index contributed by atoms with van der Waals surface area (Å²) in [6.07, 6.45) is 2.51. The van der Waals surface area contributed by atoms with E-state index in [1.54, 1.807) is 29.1 Å². The van der Waals surface area contributed by atoms with Gasteiger partial charge in [0, 0.05) is 58.5 Å². The maximum atomic E-state index is 15.4. The predicted octanol–water partition coefficient (Wildman–Crippen LogP) is 8.39. The maximum absolute atomic E-state index is 15.4. The monoisotopic (exact) mass is 851 g/mol. The lowest BCUT2D eigenvalue weighted by atomic mass is 9.51. The third-order valence-corrected chi connectivity index (χ3v) is 15.7. The first-order valence-electron chi connectivity index (χ1n) is 20.8. The Hall–Kier alpha value is -5.82. The van der Waals surface area contributed by atoms with Crippen LogP contribution in [0.15, 0.2) is 96.6 Å². The molecular weight excluding hydrogens is 810 g/mol. The maximum Gasteiger partial charge on any atom is 0.242 e. The van der Waals surface area contributed by atoms with Gasteiger partial charge >= 0.3 is 0 Å². The average Bonchev–Trinajstić information content (AvgIpc) is 3.94. The third-order valence-electron chi connectivity index (χ3n) is 14.2. The topological polar surface area (TPSA) is 125 Å². The van der Waals surface area contributed by atoms with Gasteiger partial charge in [-0.15, -0.1) is 11.3 Å². The highest BCUT2D eigenvalue weighted by Crippen LogP contribution is 2.65. The van der Waals surface area contributed by atoms with Gasteiger partial charge < -0.3 is 14.7 Å². The zero-order valence-corrected chi connectivity index (χ0v) is 35.4. The molecule has 6 aromatic rings. The average molecular weight is 852 g/mol. The van der Waals surface area contributed by atoms with Crippen LogP contribution in [0.25, 0.3) is 31.4 Å². The molecule has 61 heavy (non-hydrogen) atoms. The highest BCUT2D eigenvalue weighted by Gasteiger charge is 2.68. The first-order valence-corrected chi connectivity index (χ1v) is 22.0. The zero-order valence-electron chi connectivity index (χ0n) is 33.8. The predicted molar refractivity (Wildman–Crippen MR) is 236 cm³/mol. The van der Waals surface area contributed by atoms with Crippen molar-refractivity contribution >= 4 is 84.6 Å². The normalized spacial score (nSPS) is 26.3. The molecule has 0 spiro atoms. The molecule has 5 aliphatic rings. The van der Waals surface area contributed by atoms with Crippen molar-refractivity contribution < 1.29 is 29.0 Å². The molecule has 308 valence electrons. The van der Waals surface area contributed by atoms with Crippen LogP contribution in [0.3, 0.4) is 0 Å². The molecule has 0 unspecified atom stereocenters. The summed E-state index contributed by atoms with van der Waals surface area (Å²) in [4.78, 5) is 65.3. The summed E-state index contributed by atoms with van der Waals surface area (Å²) in [5, 5.41) is 20.1. The van der Waals surface area contributed by atoms with Crippen LogP contribution in [0.5, 0.6) is 5.75 Å². The van der Waals surface area contributed by atoms with Gasteiger partial charge in [-0.1, -0.05) is 59.6 Å². The van der Waals surface area contributed by atoms with E-state index in [1.807, 2.05) is 98.8 Å². The van der Waals surface area contributed by atoms with Gasteiger partial charge in [0.2, 0.25) is 23.6 Å². The Morgan fingerprint density at radius 3 is 2.39 bits per heavy atom. The van der Waals surface area contributed by atoms with Crippen LogP contribution in [-0.2, 0) is 31.0 Å². The standard InChI is InChI=1S/C48H42ClN5O6S/c1-25-34-22-27(49)9-17-38(34)61-43(25)37-24-39(51(3)50-37)54-45(57)36-23-35-31(41(48(36,2)47(54)59)33-14-8-26-6-4-5-7-30(26)42(33)55)15-16-32-40(35)46(58)53(44(32)56)29-12-10-28(11-13-29)52-18-20-60-21-19-52/h4-15,17,22,24,32,35-36,40-41,55H,16,18-21,23H2,1-3H3/t32-,35+,36-,40-,41+,48+/m0/s1. The number of thiophene rings is 1. The van der Waals surface area contributed by atoms with Crippen LogP contribution in [0.2, 0.25) is 5.02 Å². The van der Waals surface area contributed by atoms with Crippen molar-refractivity contribution in [3.05, 3.63) is 113 Å². The smallest absolute Gasteiger partial charge is 0.242 e. The van der Waals surface area contributed by atoms with Crippen LogP contribution in [-0.4, -0.2) is 64.8 Å². The number of nitrogens with zero attached hydrogens (tertiary/aromatic N) is 5. The quantitative estimate of drug-likeness (QED) is 0.136. The van der Waals surface area contributed by atoms with E-state index in [9.17, 15) is 14.7 Å². The molecule has 3 aliphatic heterocycles. The number of fused-ring (bicyclic) bond motifs is 6. The Labute approximate surface area is 360 Å². The molecule has 11 rings (SSSR count). The molecule has 0 radical (unpaired) electrons. The van der Waals surface area contributed by atoms with Crippen LogP contribution >= 0.6 is 22.9 Å². The number of aromatic nitrogens is 2. The summed E-state index contributed by atoms with van der Waals surface area (Å²) < 4.78 is 8.14. The molecule has 5 heterocycles. The number of amides is 4. The molecule has 4 amide bonds. The van der Waals surface area contributed by atoms with Gasteiger partial charge in [-0.25, -0.2) is 4.90 Å². The first-order chi connectivity index (χ1) is 29.4. The summed E-state index contributed by atoms with van der Waals surface area (Å²) in [6.45, 7) is 6.65. The summed E-state index contributed by atoms with van der Waals surface area (Å²) in [7, 11) is 1.73. The number of rotatable bonds is 5. The van der Waals surface area contributed by atoms with E-state index < -0.39 is 40.9 Å². The van der Waals surface area contributed by atoms with Crippen molar-refractivity contribution in [2.75, 3.05) is 41.0 Å². The highest BCUT2D eigenvalue weighted by atomic mass is 35.5. The largest absolute Gasteiger partial charge is 0.507 e. The Bertz CT molecular complexity index is 2910. The lowest BCUT2D eigenvalue weighted by Crippen LogP contribution is -2.49. The minimum Gasteiger partial charge on any atom is -0.507 e. The number of halogens is 1. The van der Waals surface area contributed by atoms with Gasteiger partial charge in [-0.05, 0) is 91.4 Å². The molecule has 2 aliphatic carbocycles.